The number of anilines is 2. The molecule has 2 heterocycles. The molecule has 1 aliphatic rings. The number of amides is 1. The van der Waals surface area contributed by atoms with Gasteiger partial charge in [-0.2, -0.15) is 5.26 Å². The maximum absolute atomic E-state index is 13.9. The Morgan fingerprint density at radius 3 is 2.71 bits per heavy atom. The molecule has 1 saturated heterocycles. The number of benzene rings is 2. The number of rotatable bonds is 5. The summed E-state index contributed by atoms with van der Waals surface area (Å²) in [6, 6.07) is 10.3. The lowest BCUT2D eigenvalue weighted by atomic mass is 10.1. The Kier molecular flexibility index (Phi) is 5.75. The van der Waals surface area contributed by atoms with Crippen LogP contribution >= 0.6 is 0 Å². The number of hydrogen-bond acceptors (Lipinski definition) is 7. The highest BCUT2D eigenvalue weighted by Gasteiger charge is 2.24. The van der Waals surface area contributed by atoms with Crippen LogP contribution in [-0.4, -0.2) is 35.4 Å². The molecule has 1 N–H and O–H groups in total. The van der Waals surface area contributed by atoms with Crippen molar-refractivity contribution in [2.75, 3.05) is 23.3 Å². The lowest BCUT2D eigenvalue weighted by Crippen LogP contribution is -2.38. The third-order valence-corrected chi connectivity index (χ3v) is 4.94. The molecule has 3 aromatic rings. The van der Waals surface area contributed by atoms with Crippen LogP contribution in [0, 0.1) is 23.0 Å². The van der Waals surface area contributed by atoms with Gasteiger partial charge in [0.2, 0.25) is 0 Å². The topological polar surface area (TPSA) is 104 Å². The van der Waals surface area contributed by atoms with E-state index in [1.807, 2.05) is 4.90 Å². The van der Waals surface area contributed by atoms with Crippen LogP contribution in [0.2, 0.25) is 0 Å². The van der Waals surface area contributed by atoms with Crippen molar-refractivity contribution in [2.45, 2.75) is 18.9 Å². The van der Waals surface area contributed by atoms with Crippen molar-refractivity contribution in [1.29, 1.82) is 5.26 Å². The van der Waals surface area contributed by atoms with Crippen LogP contribution in [0.5, 0.6) is 5.75 Å². The minimum Gasteiger partial charge on any atom is -0.487 e. The monoisotopic (exact) mass is 425 g/mol. The molecule has 4 rings (SSSR count). The SMILES string of the molecule is N#Cc1ccc(N2CCC(Oc3ccc(F)cc3F)CC2)c(NC(=O)c2cnon2)c1. The first-order valence-electron chi connectivity index (χ1n) is 9.53. The number of halogens is 2. The van der Waals surface area contributed by atoms with Crippen LogP contribution in [0.25, 0.3) is 0 Å². The first kappa shape index (κ1) is 20.3. The molecule has 158 valence electrons. The average molecular weight is 425 g/mol. The van der Waals surface area contributed by atoms with Gasteiger partial charge in [0, 0.05) is 32.0 Å². The Bertz CT molecular complexity index is 1120. The highest BCUT2D eigenvalue weighted by atomic mass is 19.1. The summed E-state index contributed by atoms with van der Waals surface area (Å²) < 4.78 is 37.1. The van der Waals surface area contributed by atoms with Crippen molar-refractivity contribution < 1.29 is 22.9 Å². The van der Waals surface area contributed by atoms with Crippen LogP contribution < -0.4 is 15.0 Å². The third-order valence-electron chi connectivity index (χ3n) is 4.94. The fourth-order valence-corrected chi connectivity index (χ4v) is 3.40. The van der Waals surface area contributed by atoms with E-state index in [2.05, 4.69) is 26.3 Å². The molecule has 0 spiro atoms. The van der Waals surface area contributed by atoms with E-state index in [0.717, 1.165) is 17.8 Å². The molecule has 1 aromatic heterocycles. The zero-order valence-electron chi connectivity index (χ0n) is 16.2. The Labute approximate surface area is 176 Å². The molecule has 0 bridgehead atoms. The number of nitrogens with zero attached hydrogens (tertiary/aromatic N) is 4. The fraction of sp³-hybridized carbons (Fsp3) is 0.238. The van der Waals surface area contributed by atoms with Gasteiger partial charge in [-0.05, 0) is 35.5 Å². The van der Waals surface area contributed by atoms with Gasteiger partial charge in [0.15, 0.2) is 17.3 Å². The van der Waals surface area contributed by atoms with E-state index in [1.165, 1.54) is 12.3 Å². The second-order valence-corrected chi connectivity index (χ2v) is 6.97. The van der Waals surface area contributed by atoms with Crippen LogP contribution in [0.15, 0.2) is 47.2 Å². The minimum atomic E-state index is -0.734. The molecule has 0 saturated carbocycles. The van der Waals surface area contributed by atoms with E-state index < -0.39 is 17.5 Å². The molecule has 1 aliphatic heterocycles. The average Bonchev–Trinajstić information content (AvgIpc) is 3.31. The Morgan fingerprint density at radius 1 is 1.23 bits per heavy atom. The van der Waals surface area contributed by atoms with Crippen LogP contribution in [0.1, 0.15) is 28.9 Å². The summed E-state index contributed by atoms with van der Waals surface area (Å²) in [5, 5.41) is 18.9. The summed E-state index contributed by atoms with van der Waals surface area (Å²) in [4.78, 5) is 14.4. The second-order valence-electron chi connectivity index (χ2n) is 6.97. The van der Waals surface area contributed by atoms with Crippen molar-refractivity contribution in [1.82, 2.24) is 10.3 Å². The number of nitriles is 1. The minimum absolute atomic E-state index is 0.0155. The molecule has 0 aliphatic carbocycles. The predicted octanol–water partition coefficient (Wildman–Crippen LogP) is 3.52. The van der Waals surface area contributed by atoms with Gasteiger partial charge in [0.25, 0.3) is 5.91 Å². The van der Waals surface area contributed by atoms with Crippen LogP contribution in [0.4, 0.5) is 20.2 Å². The molecule has 1 amide bonds. The van der Waals surface area contributed by atoms with Crippen molar-refractivity contribution in [3.8, 4) is 11.8 Å². The van der Waals surface area contributed by atoms with E-state index in [-0.39, 0.29) is 17.5 Å². The number of piperidine rings is 1. The van der Waals surface area contributed by atoms with Crippen molar-refractivity contribution in [2.24, 2.45) is 0 Å². The smallest absolute Gasteiger partial charge is 0.279 e. The lowest BCUT2D eigenvalue weighted by Gasteiger charge is -2.34. The van der Waals surface area contributed by atoms with E-state index in [0.29, 0.717) is 37.2 Å². The summed E-state index contributed by atoms with van der Waals surface area (Å²) in [6.07, 6.45) is 2.16. The quantitative estimate of drug-likeness (QED) is 0.667. The second kappa shape index (κ2) is 8.79. The van der Waals surface area contributed by atoms with E-state index in [4.69, 9.17) is 4.74 Å². The van der Waals surface area contributed by atoms with Gasteiger partial charge in [0.1, 0.15) is 18.1 Å². The summed E-state index contributed by atoms with van der Waals surface area (Å²) in [5.74, 6) is -1.88. The summed E-state index contributed by atoms with van der Waals surface area (Å²) in [6.45, 7) is 1.15. The molecule has 8 nitrogen and oxygen atoms in total. The third kappa shape index (κ3) is 4.61. The first-order chi connectivity index (χ1) is 15.0. The first-order valence-corrected chi connectivity index (χ1v) is 9.53. The van der Waals surface area contributed by atoms with Crippen molar-refractivity contribution in [3.63, 3.8) is 0 Å². The van der Waals surface area contributed by atoms with Gasteiger partial charge in [-0.1, -0.05) is 5.16 Å². The molecule has 1 fully saturated rings. The molecule has 31 heavy (non-hydrogen) atoms. The maximum Gasteiger partial charge on any atom is 0.279 e. The number of nitrogens with one attached hydrogen (secondary N) is 1. The molecule has 0 unspecified atom stereocenters. The molecule has 10 heteroatoms. The number of carbonyl (C=O) groups is 1. The van der Waals surface area contributed by atoms with Crippen molar-refractivity contribution >= 4 is 17.3 Å². The standard InChI is InChI=1S/C21H17F2N5O3/c22-14-2-4-20(16(23)10-14)30-15-5-7-28(8-6-15)19-3-1-13(11-24)9-17(19)26-21(29)18-12-25-31-27-18/h1-4,9-10,12,15H,5-8H2,(H,26,29). The molecule has 0 atom stereocenters. The van der Waals surface area contributed by atoms with Gasteiger partial charge in [-0.3, -0.25) is 4.79 Å². The normalized spacial score (nSPS) is 14.2. The van der Waals surface area contributed by atoms with Crippen molar-refractivity contribution in [3.05, 3.63) is 65.5 Å². The Balaban J connectivity index is 1.46. The predicted molar refractivity (Wildman–Crippen MR) is 106 cm³/mol. The van der Waals surface area contributed by atoms with E-state index in [9.17, 15) is 18.8 Å². The Morgan fingerprint density at radius 2 is 2.03 bits per heavy atom. The van der Waals surface area contributed by atoms with E-state index in [1.54, 1.807) is 18.2 Å². The van der Waals surface area contributed by atoms with Crippen LogP contribution in [0.3, 0.4) is 0 Å². The number of hydrogen-bond donors (Lipinski definition) is 1. The van der Waals surface area contributed by atoms with Gasteiger partial charge < -0.3 is 15.0 Å². The van der Waals surface area contributed by atoms with Crippen LogP contribution in [-0.2, 0) is 0 Å². The zero-order chi connectivity index (χ0) is 21.8. The summed E-state index contributed by atoms with van der Waals surface area (Å²) in [7, 11) is 0. The highest BCUT2D eigenvalue weighted by molar-refractivity contribution is 6.04. The zero-order valence-corrected chi connectivity index (χ0v) is 16.2. The molecule has 0 radical (unpaired) electrons. The summed E-state index contributed by atoms with van der Waals surface area (Å²) in [5.41, 5.74) is 1.59. The Hall–Kier alpha value is -4.00. The number of aromatic nitrogens is 2. The number of carbonyl (C=O) groups excluding carboxylic acids is 1. The van der Waals surface area contributed by atoms with Gasteiger partial charge >= 0.3 is 0 Å². The van der Waals surface area contributed by atoms with E-state index >= 15 is 0 Å². The van der Waals surface area contributed by atoms with Gasteiger partial charge in [-0.25, -0.2) is 13.4 Å². The molecular formula is C21H17F2N5O3. The summed E-state index contributed by atoms with van der Waals surface area (Å²) >= 11 is 0. The highest BCUT2D eigenvalue weighted by Crippen LogP contribution is 2.31. The fourth-order valence-electron chi connectivity index (χ4n) is 3.40. The largest absolute Gasteiger partial charge is 0.487 e. The lowest BCUT2D eigenvalue weighted by molar-refractivity contribution is 0.101. The van der Waals surface area contributed by atoms with Gasteiger partial charge in [-0.15, -0.1) is 0 Å². The van der Waals surface area contributed by atoms with Gasteiger partial charge in [0.05, 0.1) is 23.0 Å². The molecular weight excluding hydrogens is 408 g/mol. The maximum atomic E-state index is 13.9. The number of ether oxygens (including phenoxy) is 1. The molecule has 2 aromatic carbocycles.